The maximum absolute atomic E-state index is 15.3. The van der Waals surface area contributed by atoms with E-state index in [0.717, 1.165) is 22.4 Å². The summed E-state index contributed by atoms with van der Waals surface area (Å²) in [5.74, 6) is -3.54. The summed E-state index contributed by atoms with van der Waals surface area (Å²) in [7, 11) is 1.69. The second-order valence-corrected chi connectivity index (χ2v) is 15.1. The molecule has 0 saturated carbocycles. The summed E-state index contributed by atoms with van der Waals surface area (Å²) in [5, 5.41) is 11.0. The molecule has 3 heterocycles. The van der Waals surface area contributed by atoms with Crippen LogP contribution < -0.4 is 4.90 Å². The monoisotopic (exact) mass is 747 g/mol. The van der Waals surface area contributed by atoms with Crippen LogP contribution in [0.25, 0.3) is 0 Å². The molecule has 0 radical (unpaired) electrons. The highest BCUT2D eigenvalue weighted by Crippen LogP contribution is 2.59. The molecule has 55 heavy (non-hydrogen) atoms. The first-order valence-corrected chi connectivity index (χ1v) is 19.2. The lowest BCUT2D eigenvalue weighted by atomic mass is 9.70. The molecule has 3 aliphatic rings. The van der Waals surface area contributed by atoms with Crippen LogP contribution in [0.1, 0.15) is 61.0 Å². The second kappa shape index (κ2) is 16.8. The molecule has 6 rings (SSSR count). The topological polar surface area (TPSA) is 117 Å². The van der Waals surface area contributed by atoms with Crippen molar-refractivity contribution in [1.29, 1.82) is 0 Å². The van der Waals surface area contributed by atoms with E-state index >= 15 is 9.59 Å². The number of carbonyl (C=O) groups is 4. The first kappa shape index (κ1) is 39.6. The van der Waals surface area contributed by atoms with Crippen LogP contribution in [0.2, 0.25) is 0 Å². The number of likely N-dealkylation sites (N-methyl/N-ethyl adjacent to an activating group) is 1. The molecular formula is C45H53N3O7. The van der Waals surface area contributed by atoms with E-state index in [-0.39, 0.29) is 24.8 Å². The highest BCUT2D eigenvalue weighted by Gasteiger charge is 2.76. The fourth-order valence-corrected chi connectivity index (χ4v) is 9.09. The predicted octanol–water partition coefficient (Wildman–Crippen LogP) is 5.90. The summed E-state index contributed by atoms with van der Waals surface area (Å²) >= 11 is 0. The van der Waals surface area contributed by atoms with Gasteiger partial charge < -0.3 is 29.3 Å². The number of benzene rings is 3. The third-order valence-corrected chi connectivity index (χ3v) is 11.8. The molecule has 1 spiro atoms. The standard InChI is InChI=1S/C45H53N3O7/c1-7-9-23-36(50)46(6)31(5)40(33-21-14-11-15-22-33)54-44(53)37-35-24-25-45(55-35)38(37)42(51)48(34(28-49)27-32-19-12-10-13-20-32)41(45)43(52)47(26-8-2)39-29(3)17-16-18-30(39)4/h7-8,10-22,31,34-35,37-38,40-41,49H,1-2,9,23-28H2,3-6H3/t31-,34-,35-,37+,38+,40+,41-,45+/m1/s1. The highest BCUT2D eigenvalue weighted by atomic mass is 16.6. The van der Waals surface area contributed by atoms with Gasteiger partial charge in [0.2, 0.25) is 11.8 Å². The smallest absolute Gasteiger partial charge is 0.313 e. The van der Waals surface area contributed by atoms with Crippen molar-refractivity contribution in [1.82, 2.24) is 9.80 Å². The molecule has 0 aromatic heterocycles. The van der Waals surface area contributed by atoms with Gasteiger partial charge in [0.25, 0.3) is 5.91 Å². The molecule has 10 nitrogen and oxygen atoms in total. The first-order valence-electron chi connectivity index (χ1n) is 19.2. The molecule has 0 unspecified atom stereocenters. The number of esters is 1. The van der Waals surface area contributed by atoms with Crippen LogP contribution in [-0.4, -0.2) is 88.6 Å². The molecule has 2 bridgehead atoms. The van der Waals surface area contributed by atoms with Crippen molar-refractivity contribution in [3.63, 3.8) is 0 Å². The van der Waals surface area contributed by atoms with E-state index < -0.39 is 66.3 Å². The minimum Gasteiger partial charge on any atom is -0.455 e. The zero-order valence-corrected chi connectivity index (χ0v) is 32.3. The quantitative estimate of drug-likeness (QED) is 0.143. The van der Waals surface area contributed by atoms with E-state index in [1.54, 1.807) is 29.0 Å². The third-order valence-electron chi connectivity index (χ3n) is 11.8. The number of aliphatic hydroxyl groups is 1. The van der Waals surface area contributed by atoms with Crippen molar-refractivity contribution in [2.45, 2.75) is 88.8 Å². The molecule has 3 amide bonds. The van der Waals surface area contributed by atoms with Crippen LogP contribution in [-0.2, 0) is 35.1 Å². The van der Waals surface area contributed by atoms with Gasteiger partial charge in [-0.15, -0.1) is 13.2 Å². The number of aryl methyl sites for hydroxylation is 2. The van der Waals surface area contributed by atoms with Gasteiger partial charge in [-0.1, -0.05) is 91.0 Å². The molecule has 3 aromatic rings. The summed E-state index contributed by atoms with van der Waals surface area (Å²) in [6.45, 7) is 13.2. The molecule has 10 heteroatoms. The van der Waals surface area contributed by atoms with E-state index in [2.05, 4.69) is 13.2 Å². The molecule has 290 valence electrons. The number of allylic oxidation sites excluding steroid dienone is 1. The number of ether oxygens (including phenoxy) is 2. The molecule has 3 fully saturated rings. The zero-order chi connectivity index (χ0) is 39.4. The van der Waals surface area contributed by atoms with Crippen LogP contribution in [0.15, 0.2) is 104 Å². The first-order chi connectivity index (χ1) is 26.5. The van der Waals surface area contributed by atoms with Crippen LogP contribution >= 0.6 is 0 Å². The van der Waals surface area contributed by atoms with Crippen molar-refractivity contribution in [2.24, 2.45) is 11.8 Å². The van der Waals surface area contributed by atoms with Crippen molar-refractivity contribution in [2.75, 3.05) is 25.1 Å². The molecule has 0 aliphatic carbocycles. The number of fused-ring (bicyclic) bond motifs is 1. The van der Waals surface area contributed by atoms with Gasteiger partial charge in [0.15, 0.2) is 0 Å². The number of anilines is 1. The molecule has 3 aliphatic heterocycles. The van der Waals surface area contributed by atoms with E-state index in [1.807, 2.05) is 99.6 Å². The maximum atomic E-state index is 15.3. The Hall–Kier alpha value is -5.06. The number of amides is 3. The Morgan fingerprint density at radius 2 is 1.65 bits per heavy atom. The Balaban J connectivity index is 1.40. The van der Waals surface area contributed by atoms with Crippen LogP contribution in [0.5, 0.6) is 0 Å². The van der Waals surface area contributed by atoms with Crippen LogP contribution in [0.3, 0.4) is 0 Å². The predicted molar refractivity (Wildman–Crippen MR) is 211 cm³/mol. The summed E-state index contributed by atoms with van der Waals surface area (Å²) in [5.41, 5.74) is 2.74. The van der Waals surface area contributed by atoms with Crippen molar-refractivity contribution < 1.29 is 33.8 Å². The van der Waals surface area contributed by atoms with Gasteiger partial charge in [-0.25, -0.2) is 0 Å². The van der Waals surface area contributed by atoms with Gasteiger partial charge in [-0.05, 0) is 68.7 Å². The van der Waals surface area contributed by atoms with E-state index in [1.165, 1.54) is 4.90 Å². The number of aliphatic hydroxyl groups excluding tert-OH is 1. The molecule has 3 aromatic carbocycles. The van der Waals surface area contributed by atoms with Gasteiger partial charge in [-0.2, -0.15) is 0 Å². The summed E-state index contributed by atoms with van der Waals surface area (Å²) < 4.78 is 13.2. The fourth-order valence-electron chi connectivity index (χ4n) is 9.09. The van der Waals surface area contributed by atoms with E-state index in [9.17, 15) is 14.7 Å². The lowest BCUT2D eigenvalue weighted by Gasteiger charge is -2.40. The van der Waals surface area contributed by atoms with Gasteiger partial charge in [0.05, 0.1) is 36.6 Å². The fraction of sp³-hybridized carbons (Fsp3) is 0.422. The van der Waals surface area contributed by atoms with E-state index in [4.69, 9.17) is 9.47 Å². The summed E-state index contributed by atoms with van der Waals surface area (Å²) in [6.07, 6.45) is 3.74. The second-order valence-electron chi connectivity index (χ2n) is 15.1. The van der Waals surface area contributed by atoms with Crippen LogP contribution in [0, 0.1) is 25.7 Å². The highest BCUT2D eigenvalue weighted by molar-refractivity contribution is 6.05. The number of nitrogens with zero attached hydrogens (tertiary/aromatic N) is 3. The van der Waals surface area contributed by atoms with Crippen LogP contribution in [0.4, 0.5) is 5.69 Å². The SMILES string of the molecule is C=CCCC(=O)N(C)[C@H](C)[C@H](OC(=O)[C@@H]1[C@H]2C(=O)N([C@@H](CO)Cc3ccccc3)[C@H](C(=O)N(CC=C)c3c(C)cccc3C)[C@]23CC[C@H]1O3)c1ccccc1. The minimum atomic E-state index is -1.34. The number of hydrogen-bond acceptors (Lipinski definition) is 7. The normalized spacial score (nSPS) is 24.1. The largest absolute Gasteiger partial charge is 0.455 e. The Morgan fingerprint density at radius 3 is 2.27 bits per heavy atom. The number of para-hydroxylation sites is 1. The van der Waals surface area contributed by atoms with Crippen molar-refractivity contribution in [3.8, 4) is 0 Å². The van der Waals surface area contributed by atoms with Gasteiger partial charge in [-0.3, -0.25) is 19.2 Å². The molecular weight excluding hydrogens is 695 g/mol. The number of likely N-dealkylation sites (tertiary alicyclic amines) is 1. The third kappa shape index (κ3) is 7.37. The Kier molecular flexibility index (Phi) is 12.1. The Labute approximate surface area is 324 Å². The molecule has 3 saturated heterocycles. The van der Waals surface area contributed by atoms with Gasteiger partial charge >= 0.3 is 5.97 Å². The Morgan fingerprint density at radius 1 is 1.00 bits per heavy atom. The summed E-state index contributed by atoms with van der Waals surface area (Å²) in [4.78, 5) is 63.0. The average Bonchev–Trinajstić information content (AvgIpc) is 3.84. The van der Waals surface area contributed by atoms with Crippen molar-refractivity contribution in [3.05, 3.63) is 126 Å². The Bertz CT molecular complexity index is 1880. The average molecular weight is 748 g/mol. The maximum Gasteiger partial charge on any atom is 0.313 e. The van der Waals surface area contributed by atoms with Gasteiger partial charge in [0.1, 0.15) is 17.7 Å². The summed E-state index contributed by atoms with van der Waals surface area (Å²) in [6, 6.07) is 22.1. The number of rotatable bonds is 16. The molecule has 1 N–H and O–H groups in total. The minimum absolute atomic E-state index is 0.115. The van der Waals surface area contributed by atoms with E-state index in [0.29, 0.717) is 31.2 Å². The number of carbonyl (C=O) groups excluding carboxylic acids is 4. The molecule has 8 atom stereocenters. The van der Waals surface area contributed by atoms with Crippen molar-refractivity contribution >= 4 is 29.4 Å². The lowest BCUT2D eigenvalue weighted by Crippen LogP contribution is -2.59. The van der Waals surface area contributed by atoms with Gasteiger partial charge in [0, 0.05) is 25.7 Å². The lowest BCUT2D eigenvalue weighted by molar-refractivity contribution is -0.165. The number of hydrogen-bond donors (Lipinski definition) is 1. The zero-order valence-electron chi connectivity index (χ0n) is 32.3.